The predicted molar refractivity (Wildman–Crippen MR) is 324 cm³/mol. The maximum absolute atomic E-state index is 11.6. The van der Waals surface area contributed by atoms with Gasteiger partial charge in [-0.05, 0) is 142 Å². The van der Waals surface area contributed by atoms with Gasteiger partial charge in [0.1, 0.15) is 34.8 Å². The molecule has 0 bridgehead atoms. The topological polar surface area (TPSA) is 459 Å². The monoisotopic (exact) mass is 1360 g/mol. The van der Waals surface area contributed by atoms with Crippen molar-refractivity contribution in [2.75, 3.05) is 35.4 Å². The van der Waals surface area contributed by atoms with Gasteiger partial charge in [0.2, 0.25) is 5.88 Å². The standard InChI is InChI=1S/C51H49ClN12O11S5.2O3S/c1-29-10-6-11-44-48(29)55-50-36(28-54)33(5)49(51(65)64(44)50)63-60-41-20-30(2)38(24-45(41)75-14-7-17-78(66,67)68)57-61-42-22-32(4)40(26-47(42)77-16-9-19-80(72,73)74)59-62-43-21-31(3)39(25-46(43)76-15-8-18-79(69,70)71)58-56-37-13-12-35(52)23-34(37)27-53;2*1-4(2)3/h6,10-13,20-26,65H,7-9,14-19H2,1-5H3,(H,66,67,68)(H,69,70,71)(H,72,73,74);;. The minimum atomic E-state index is -4.32. The van der Waals surface area contributed by atoms with Crippen molar-refractivity contribution >= 4 is 149 Å². The van der Waals surface area contributed by atoms with Gasteiger partial charge in [-0.3, -0.25) is 18.1 Å². The van der Waals surface area contributed by atoms with Crippen molar-refractivity contribution < 1.29 is 74.0 Å². The van der Waals surface area contributed by atoms with Crippen LogP contribution in [-0.4, -0.2) is 114 Å². The molecule has 0 fully saturated rings. The van der Waals surface area contributed by atoms with E-state index in [0.717, 1.165) is 5.56 Å². The van der Waals surface area contributed by atoms with E-state index in [-0.39, 0.29) is 88.5 Å². The summed E-state index contributed by atoms with van der Waals surface area (Å²) in [6.07, 6.45) is 0.0598. The molecule has 0 saturated heterocycles. The van der Waals surface area contributed by atoms with Crippen LogP contribution in [-0.2, 0) is 51.6 Å². The number of benzene rings is 5. The van der Waals surface area contributed by atoms with Gasteiger partial charge in [0.15, 0.2) is 11.3 Å². The van der Waals surface area contributed by atoms with Crippen LogP contribution in [0.4, 0.5) is 45.5 Å². The molecule has 0 aliphatic heterocycles. The second-order valence-corrected chi connectivity index (χ2v) is 26.5. The summed E-state index contributed by atoms with van der Waals surface area (Å²) in [5, 5.41) is 67.6. The number of aromatic hydroxyl groups is 1. The molecular weight excluding hydrogens is 1310 g/mol. The summed E-state index contributed by atoms with van der Waals surface area (Å²) in [6, 6.07) is 24.0. The number of rotatable bonds is 23. The molecule has 7 rings (SSSR count). The second-order valence-electron chi connectivity index (χ2n) is 18.3. The summed E-state index contributed by atoms with van der Waals surface area (Å²) < 4.78 is 156. The summed E-state index contributed by atoms with van der Waals surface area (Å²) in [7, 11) is -19.0. The number of aromatic nitrogens is 2. The van der Waals surface area contributed by atoms with E-state index in [0.29, 0.717) is 70.9 Å². The van der Waals surface area contributed by atoms with Gasteiger partial charge in [0.25, 0.3) is 30.4 Å². The molecule has 29 nitrogen and oxygen atoms in total. The summed E-state index contributed by atoms with van der Waals surface area (Å²) in [6.45, 7) is 8.48. The molecule has 5 aromatic carbocycles. The molecule has 0 unspecified atom stereocenters. The van der Waals surface area contributed by atoms with Gasteiger partial charge in [0, 0.05) is 26.4 Å². The lowest BCUT2D eigenvalue weighted by Crippen LogP contribution is -2.08. The molecule has 0 spiro atoms. The Morgan fingerprint density at radius 2 is 1.03 bits per heavy atom. The Balaban J connectivity index is 0.00000166. The van der Waals surface area contributed by atoms with E-state index in [1.807, 2.05) is 19.1 Å². The fourth-order valence-electron chi connectivity index (χ4n) is 7.71. The molecule has 4 N–H and O–H groups in total. The van der Waals surface area contributed by atoms with Crippen LogP contribution in [0.3, 0.4) is 0 Å². The third kappa shape index (κ3) is 21.4. The molecule has 88 heavy (non-hydrogen) atoms. The number of imidazole rings is 1. The van der Waals surface area contributed by atoms with Crippen LogP contribution in [0, 0.1) is 57.3 Å². The smallest absolute Gasteiger partial charge is 0.425 e. The van der Waals surface area contributed by atoms with E-state index in [2.05, 4.69) is 52.0 Å². The van der Waals surface area contributed by atoms with Crippen molar-refractivity contribution in [1.29, 1.82) is 10.5 Å². The molecule has 37 heteroatoms. The Morgan fingerprint density at radius 1 is 0.580 bits per heavy atom. The van der Waals surface area contributed by atoms with Crippen LogP contribution in [0.2, 0.25) is 5.02 Å². The van der Waals surface area contributed by atoms with Crippen LogP contribution in [0.15, 0.2) is 124 Å². The minimum absolute atomic E-state index is 0.0280. The van der Waals surface area contributed by atoms with Crippen molar-refractivity contribution in [2.45, 2.75) is 63.7 Å². The second kappa shape index (κ2) is 31.8. The lowest BCUT2D eigenvalue weighted by molar-refractivity contribution is 0.317. The third-order valence-electron chi connectivity index (χ3n) is 11.8. The van der Waals surface area contributed by atoms with Gasteiger partial charge in [-0.15, -0.1) is 74.3 Å². The number of nitriles is 2. The number of azo groups is 4. The fourth-order valence-corrected chi connectivity index (χ4v) is 11.6. The largest absolute Gasteiger partial charge is 0.493 e. The van der Waals surface area contributed by atoms with E-state index in [4.69, 9.17) is 41.6 Å². The van der Waals surface area contributed by atoms with E-state index in [1.54, 1.807) is 82.3 Å². The molecule has 7 aromatic rings. The number of halogens is 1. The highest BCUT2D eigenvalue weighted by atomic mass is 35.5. The van der Waals surface area contributed by atoms with Gasteiger partial charge in [-0.2, -0.15) is 51.1 Å². The number of fused-ring (bicyclic) bond motifs is 3. The van der Waals surface area contributed by atoms with E-state index >= 15 is 0 Å². The minimum Gasteiger partial charge on any atom is -0.493 e. The molecule has 0 radical (unpaired) electrons. The first-order chi connectivity index (χ1) is 41.3. The van der Waals surface area contributed by atoms with Gasteiger partial charge in [-0.1, -0.05) is 23.7 Å². The lowest BCUT2D eigenvalue weighted by Gasteiger charge is -2.12. The summed E-state index contributed by atoms with van der Waals surface area (Å²) in [5.74, 6) is -1.37. The van der Waals surface area contributed by atoms with Gasteiger partial charge in [0.05, 0.1) is 68.9 Å². The molecule has 464 valence electrons. The number of hydrogen-bond acceptors (Lipinski definition) is 27. The Kier molecular flexibility index (Phi) is 25.5. The highest BCUT2D eigenvalue weighted by Gasteiger charge is 2.22. The first-order valence-electron chi connectivity index (χ1n) is 24.9. The summed E-state index contributed by atoms with van der Waals surface area (Å²) in [4.78, 5) is 5.66. The molecule has 2 heterocycles. The lowest BCUT2D eigenvalue weighted by atomic mass is 10.1. The van der Waals surface area contributed by atoms with E-state index < -0.39 is 68.8 Å². The average molecular weight is 1360 g/mol. The van der Waals surface area contributed by atoms with Crippen LogP contribution >= 0.6 is 35.1 Å². The zero-order valence-electron chi connectivity index (χ0n) is 46.5. The Morgan fingerprint density at radius 3 is 1.52 bits per heavy atom. The normalized spacial score (nSPS) is 11.9. The van der Waals surface area contributed by atoms with Crippen molar-refractivity contribution in [2.24, 2.45) is 40.9 Å². The summed E-state index contributed by atoms with van der Waals surface area (Å²) in [5.41, 5.74) is 6.70. The van der Waals surface area contributed by atoms with Crippen molar-refractivity contribution in [1.82, 2.24) is 9.38 Å². The number of hydrogen-bond donors (Lipinski definition) is 4. The fraction of sp³-hybridized carbons (Fsp3) is 0.275. The molecule has 0 amide bonds. The number of thioether (sulfide) groups is 2. The van der Waals surface area contributed by atoms with Gasteiger partial charge < -0.3 is 9.84 Å². The quantitative estimate of drug-likeness (QED) is 0.0200. The van der Waals surface area contributed by atoms with Crippen LogP contribution in [0.5, 0.6) is 11.6 Å². The maximum Gasteiger partial charge on any atom is 0.425 e. The molecular formula is C51H49ClN12O17S7. The maximum atomic E-state index is 11.6. The Hall–Kier alpha value is -8.01. The Bertz CT molecular complexity index is 4610. The zero-order valence-corrected chi connectivity index (χ0v) is 53.0. The first-order valence-corrected chi connectivity index (χ1v) is 34.1. The third-order valence-corrected chi connectivity index (χ3v) is 16.7. The van der Waals surface area contributed by atoms with Crippen molar-refractivity contribution in [3.8, 4) is 23.8 Å². The van der Waals surface area contributed by atoms with Crippen LogP contribution in [0.1, 0.15) is 58.2 Å². The Labute approximate surface area is 519 Å². The van der Waals surface area contributed by atoms with Crippen molar-refractivity contribution in [3.63, 3.8) is 0 Å². The van der Waals surface area contributed by atoms with Crippen LogP contribution in [0.25, 0.3) is 16.7 Å². The average Bonchev–Trinajstić information content (AvgIpc) is 1.87. The van der Waals surface area contributed by atoms with Crippen molar-refractivity contribution in [3.05, 3.63) is 117 Å². The number of ether oxygens (including phenoxy) is 1. The number of aryl methyl sites for hydroxylation is 4. The highest BCUT2D eigenvalue weighted by molar-refractivity contribution is 7.99. The molecule has 0 saturated carbocycles. The number of nitrogens with zero attached hydrogens (tertiary/aromatic N) is 12. The zero-order chi connectivity index (χ0) is 65.3. The van der Waals surface area contributed by atoms with E-state index in [1.165, 1.54) is 40.1 Å². The highest BCUT2D eigenvalue weighted by Crippen LogP contribution is 2.44. The number of para-hydroxylation sites is 1. The van der Waals surface area contributed by atoms with Gasteiger partial charge >= 0.3 is 21.2 Å². The predicted octanol–water partition coefficient (Wildman–Crippen LogP) is 12.2. The van der Waals surface area contributed by atoms with E-state index in [9.17, 15) is 54.5 Å². The number of pyridine rings is 1. The first kappa shape index (κ1) is 70.7. The van der Waals surface area contributed by atoms with Crippen LogP contribution < -0.4 is 4.74 Å². The SMILES string of the molecule is Cc1cc(N=Nc2cc(SCCCS(=O)(=O)O)c(N=Nc3cc(OCCCS(=O)(=O)O)c(N=Nc4c(C)c(C#N)c5nc6c(C)cccc6n5c4O)cc3C)cc2C)c(SCCCS(=O)(=O)O)cc1N=Nc1ccc(Cl)cc1C#N.O=S(=O)=O.O=S(=O)=O. The van der Waals surface area contributed by atoms with Gasteiger partial charge in [-0.25, -0.2) is 4.98 Å². The molecule has 0 atom stereocenters. The molecule has 2 aromatic heterocycles. The molecule has 0 aliphatic rings. The molecule has 0 aliphatic carbocycles. The summed E-state index contributed by atoms with van der Waals surface area (Å²) >= 11 is 8.52.